The van der Waals surface area contributed by atoms with Crippen molar-refractivity contribution in [1.82, 2.24) is 10.2 Å². The van der Waals surface area contributed by atoms with Crippen LogP contribution in [0.3, 0.4) is 0 Å². The molecule has 0 aromatic rings. The first-order chi connectivity index (χ1) is 9.34. The van der Waals surface area contributed by atoms with Crippen LogP contribution >= 0.6 is 0 Å². The molecule has 1 N–H and O–H groups in total. The van der Waals surface area contributed by atoms with E-state index in [0.29, 0.717) is 0 Å². The van der Waals surface area contributed by atoms with Gasteiger partial charge in [0.05, 0.1) is 0 Å². The summed E-state index contributed by atoms with van der Waals surface area (Å²) in [7, 11) is 0. The van der Waals surface area contributed by atoms with Gasteiger partial charge < -0.3 is 5.32 Å². The lowest BCUT2D eigenvalue weighted by molar-refractivity contribution is 0.126. The standard InChI is InChI=1S/C17H32N2/c1-14(13-16-9-4-5-11-18-16)19-12-6-10-17(19)15-7-2-3-8-15/h14-18H,2-13H2,1H3. The fourth-order valence-corrected chi connectivity index (χ4v) is 4.88. The Bertz CT molecular complexity index is 266. The Morgan fingerprint density at radius 3 is 2.53 bits per heavy atom. The van der Waals surface area contributed by atoms with E-state index < -0.39 is 0 Å². The molecule has 0 spiro atoms. The number of hydrogen-bond donors (Lipinski definition) is 1. The van der Waals surface area contributed by atoms with Gasteiger partial charge in [-0.2, -0.15) is 0 Å². The molecule has 1 aliphatic carbocycles. The second-order valence-corrected chi connectivity index (χ2v) is 7.22. The lowest BCUT2D eigenvalue weighted by atomic mass is 9.93. The lowest BCUT2D eigenvalue weighted by Crippen LogP contribution is -2.45. The Morgan fingerprint density at radius 1 is 1.00 bits per heavy atom. The molecule has 0 amide bonds. The van der Waals surface area contributed by atoms with Gasteiger partial charge in [-0.05, 0) is 70.9 Å². The summed E-state index contributed by atoms with van der Waals surface area (Å²) in [4.78, 5) is 2.88. The van der Waals surface area contributed by atoms with E-state index in [-0.39, 0.29) is 0 Å². The zero-order valence-electron chi connectivity index (χ0n) is 12.7. The van der Waals surface area contributed by atoms with E-state index in [4.69, 9.17) is 0 Å². The summed E-state index contributed by atoms with van der Waals surface area (Å²) in [6.07, 6.45) is 14.5. The molecule has 3 aliphatic rings. The van der Waals surface area contributed by atoms with Crippen molar-refractivity contribution in [3.8, 4) is 0 Å². The maximum absolute atomic E-state index is 3.73. The van der Waals surface area contributed by atoms with Gasteiger partial charge >= 0.3 is 0 Å². The molecule has 2 nitrogen and oxygen atoms in total. The molecule has 2 saturated heterocycles. The summed E-state index contributed by atoms with van der Waals surface area (Å²) in [6, 6.07) is 2.53. The number of piperidine rings is 1. The Hall–Kier alpha value is -0.0800. The van der Waals surface area contributed by atoms with E-state index in [9.17, 15) is 0 Å². The maximum Gasteiger partial charge on any atom is 0.0127 e. The highest BCUT2D eigenvalue weighted by Gasteiger charge is 2.36. The smallest absolute Gasteiger partial charge is 0.0127 e. The molecular formula is C17H32N2. The first kappa shape index (κ1) is 13.9. The monoisotopic (exact) mass is 264 g/mol. The van der Waals surface area contributed by atoms with Crippen LogP contribution < -0.4 is 5.32 Å². The van der Waals surface area contributed by atoms with Crippen LogP contribution in [0.2, 0.25) is 0 Å². The van der Waals surface area contributed by atoms with Gasteiger partial charge in [0.1, 0.15) is 0 Å². The van der Waals surface area contributed by atoms with Gasteiger partial charge in [-0.25, -0.2) is 0 Å². The van der Waals surface area contributed by atoms with Crippen molar-refractivity contribution >= 4 is 0 Å². The van der Waals surface area contributed by atoms with E-state index in [0.717, 1.165) is 24.0 Å². The van der Waals surface area contributed by atoms with Crippen molar-refractivity contribution < 1.29 is 0 Å². The molecule has 0 aromatic carbocycles. The van der Waals surface area contributed by atoms with Crippen LogP contribution in [0.15, 0.2) is 0 Å². The molecule has 0 bridgehead atoms. The molecule has 3 fully saturated rings. The van der Waals surface area contributed by atoms with Gasteiger partial charge in [-0.1, -0.05) is 19.3 Å². The Morgan fingerprint density at radius 2 is 1.79 bits per heavy atom. The van der Waals surface area contributed by atoms with E-state index >= 15 is 0 Å². The maximum atomic E-state index is 3.73. The minimum Gasteiger partial charge on any atom is -0.314 e. The number of likely N-dealkylation sites (tertiary alicyclic amines) is 1. The highest BCUT2D eigenvalue weighted by atomic mass is 15.2. The molecule has 2 aliphatic heterocycles. The fourth-order valence-electron chi connectivity index (χ4n) is 4.88. The van der Waals surface area contributed by atoms with E-state index in [2.05, 4.69) is 17.1 Å². The zero-order valence-corrected chi connectivity index (χ0v) is 12.7. The van der Waals surface area contributed by atoms with Crippen LogP contribution in [0.25, 0.3) is 0 Å². The normalized spacial score (nSPS) is 35.8. The molecule has 3 rings (SSSR count). The van der Waals surface area contributed by atoms with Crippen molar-refractivity contribution in [2.75, 3.05) is 13.1 Å². The molecule has 3 unspecified atom stereocenters. The summed E-state index contributed by atoms with van der Waals surface area (Å²) in [5.74, 6) is 1.03. The Labute approximate surface area is 119 Å². The fraction of sp³-hybridized carbons (Fsp3) is 1.00. The van der Waals surface area contributed by atoms with E-state index in [1.165, 1.54) is 77.3 Å². The quantitative estimate of drug-likeness (QED) is 0.835. The highest BCUT2D eigenvalue weighted by Crippen LogP contribution is 2.37. The minimum absolute atomic E-state index is 0.795. The van der Waals surface area contributed by atoms with Crippen LogP contribution in [0.4, 0.5) is 0 Å². The molecular weight excluding hydrogens is 232 g/mol. The molecule has 19 heavy (non-hydrogen) atoms. The van der Waals surface area contributed by atoms with E-state index in [1.54, 1.807) is 0 Å². The molecule has 2 heterocycles. The number of rotatable bonds is 4. The third-order valence-electron chi connectivity index (χ3n) is 5.89. The first-order valence-corrected chi connectivity index (χ1v) is 8.84. The lowest BCUT2D eigenvalue weighted by Gasteiger charge is -2.37. The second kappa shape index (κ2) is 6.58. The van der Waals surface area contributed by atoms with Gasteiger partial charge in [-0.15, -0.1) is 0 Å². The van der Waals surface area contributed by atoms with Gasteiger partial charge in [0.25, 0.3) is 0 Å². The summed E-state index contributed by atoms with van der Waals surface area (Å²) in [6.45, 7) is 5.11. The van der Waals surface area contributed by atoms with Crippen molar-refractivity contribution in [3.05, 3.63) is 0 Å². The summed E-state index contributed by atoms with van der Waals surface area (Å²) in [5.41, 5.74) is 0. The second-order valence-electron chi connectivity index (χ2n) is 7.22. The minimum atomic E-state index is 0.795. The largest absolute Gasteiger partial charge is 0.314 e. The van der Waals surface area contributed by atoms with Crippen molar-refractivity contribution in [2.24, 2.45) is 5.92 Å². The zero-order chi connectivity index (χ0) is 13.1. The third-order valence-corrected chi connectivity index (χ3v) is 5.89. The van der Waals surface area contributed by atoms with Crippen LogP contribution in [-0.4, -0.2) is 36.1 Å². The van der Waals surface area contributed by atoms with Gasteiger partial charge in [0.15, 0.2) is 0 Å². The number of nitrogens with zero attached hydrogens (tertiary/aromatic N) is 1. The Kier molecular flexibility index (Phi) is 4.81. The van der Waals surface area contributed by atoms with E-state index in [1.807, 2.05) is 0 Å². The summed E-state index contributed by atoms with van der Waals surface area (Å²) in [5, 5.41) is 3.73. The molecule has 0 radical (unpaired) electrons. The molecule has 110 valence electrons. The first-order valence-electron chi connectivity index (χ1n) is 8.84. The summed E-state index contributed by atoms with van der Waals surface area (Å²) < 4.78 is 0. The molecule has 3 atom stereocenters. The SMILES string of the molecule is CC(CC1CCCCN1)N1CCCC1C1CCCC1. The average Bonchev–Trinajstić information content (AvgIpc) is 3.10. The van der Waals surface area contributed by atoms with Crippen molar-refractivity contribution in [1.29, 1.82) is 0 Å². The Balaban J connectivity index is 1.53. The van der Waals surface area contributed by atoms with Gasteiger partial charge in [0.2, 0.25) is 0 Å². The third kappa shape index (κ3) is 3.33. The molecule has 1 saturated carbocycles. The predicted molar refractivity (Wildman–Crippen MR) is 81.4 cm³/mol. The highest BCUT2D eigenvalue weighted by molar-refractivity contribution is 4.91. The van der Waals surface area contributed by atoms with Crippen LogP contribution in [0.1, 0.15) is 71.1 Å². The number of hydrogen-bond acceptors (Lipinski definition) is 2. The average molecular weight is 264 g/mol. The summed E-state index contributed by atoms with van der Waals surface area (Å²) >= 11 is 0. The number of nitrogens with one attached hydrogen (secondary N) is 1. The predicted octanol–water partition coefficient (Wildman–Crippen LogP) is 3.56. The van der Waals surface area contributed by atoms with Crippen LogP contribution in [0.5, 0.6) is 0 Å². The van der Waals surface area contributed by atoms with Crippen molar-refractivity contribution in [2.45, 2.75) is 89.3 Å². The van der Waals surface area contributed by atoms with Gasteiger partial charge in [0, 0.05) is 18.1 Å². The van der Waals surface area contributed by atoms with Crippen molar-refractivity contribution in [3.63, 3.8) is 0 Å². The molecule has 0 aromatic heterocycles. The van der Waals surface area contributed by atoms with Crippen LogP contribution in [-0.2, 0) is 0 Å². The molecule has 2 heteroatoms. The van der Waals surface area contributed by atoms with Gasteiger partial charge in [-0.3, -0.25) is 4.90 Å². The topological polar surface area (TPSA) is 15.3 Å². The van der Waals surface area contributed by atoms with Crippen LogP contribution in [0, 0.1) is 5.92 Å².